The number of hydrogen-bond acceptors (Lipinski definition) is 5. The molecule has 0 unspecified atom stereocenters. The number of aromatic nitrogens is 1. The number of halogens is 3. The molecule has 1 aromatic heterocycles. The van der Waals surface area contributed by atoms with Crippen molar-refractivity contribution in [2.45, 2.75) is 30.5 Å². The number of nitriles is 1. The summed E-state index contributed by atoms with van der Waals surface area (Å²) < 4.78 is 51.7. The number of likely N-dealkylation sites (tertiary alicyclic amines) is 1. The molecule has 1 saturated heterocycles. The average molecular weight is 436 g/mol. The average Bonchev–Trinajstić information content (AvgIpc) is 3.21. The van der Waals surface area contributed by atoms with Gasteiger partial charge in [0.05, 0.1) is 36.5 Å². The summed E-state index contributed by atoms with van der Waals surface area (Å²) in [6, 6.07) is 7.58. The van der Waals surface area contributed by atoms with Gasteiger partial charge in [0.2, 0.25) is 6.79 Å². The Morgan fingerprint density at radius 2 is 1.87 bits per heavy atom. The van der Waals surface area contributed by atoms with Crippen molar-refractivity contribution in [2.75, 3.05) is 32.2 Å². The minimum Gasteiger partial charge on any atom is -0.454 e. The summed E-state index contributed by atoms with van der Waals surface area (Å²) in [4.78, 5) is 5.88. The molecule has 1 aromatic carbocycles. The highest BCUT2D eigenvalue weighted by atomic mass is 32.2. The molecule has 0 spiro atoms. The van der Waals surface area contributed by atoms with Crippen LogP contribution in [-0.4, -0.2) is 37.2 Å². The molecule has 0 saturated carbocycles. The summed E-state index contributed by atoms with van der Waals surface area (Å²) in [6.45, 7) is 3.09. The molecule has 0 amide bonds. The lowest BCUT2D eigenvalue weighted by atomic mass is 10.0. The van der Waals surface area contributed by atoms with E-state index in [1.165, 1.54) is 35.9 Å². The van der Waals surface area contributed by atoms with Crippen LogP contribution in [0.25, 0.3) is 11.3 Å². The van der Waals surface area contributed by atoms with E-state index in [2.05, 4.69) is 4.98 Å². The number of hydrogen-bond donors (Lipinski definition) is 1. The molecular formula is C21H21F3N3O2S+. The number of fused-ring (bicyclic) bond motifs is 1. The van der Waals surface area contributed by atoms with Crippen molar-refractivity contribution in [3.8, 4) is 28.8 Å². The SMILES string of the molecule is N#Cc1c(C(F)(F)F)cc(-c2ccc3c(c2)OCO3)nc1SCC[NH+]1CCCCC1. The molecule has 0 bridgehead atoms. The van der Waals surface area contributed by atoms with E-state index < -0.39 is 17.3 Å². The molecule has 3 heterocycles. The molecule has 0 atom stereocenters. The molecular weight excluding hydrogens is 415 g/mol. The van der Waals surface area contributed by atoms with Crippen LogP contribution in [0.3, 0.4) is 0 Å². The smallest absolute Gasteiger partial charge is 0.417 e. The van der Waals surface area contributed by atoms with Crippen LogP contribution < -0.4 is 14.4 Å². The molecule has 0 radical (unpaired) electrons. The van der Waals surface area contributed by atoms with Crippen LogP contribution in [0.15, 0.2) is 29.3 Å². The number of thioether (sulfide) groups is 1. The first-order chi connectivity index (χ1) is 14.5. The van der Waals surface area contributed by atoms with Crippen LogP contribution in [0.2, 0.25) is 0 Å². The number of nitrogens with zero attached hydrogens (tertiary/aromatic N) is 2. The molecule has 2 aliphatic heterocycles. The van der Waals surface area contributed by atoms with Crippen molar-refractivity contribution in [3.05, 3.63) is 35.4 Å². The number of alkyl halides is 3. The van der Waals surface area contributed by atoms with Crippen LogP contribution in [0.4, 0.5) is 13.2 Å². The molecule has 1 N–H and O–H groups in total. The minimum atomic E-state index is -4.65. The lowest BCUT2D eigenvalue weighted by molar-refractivity contribution is -0.902. The van der Waals surface area contributed by atoms with Crippen molar-refractivity contribution in [1.29, 1.82) is 5.26 Å². The maximum absolute atomic E-state index is 13.7. The maximum atomic E-state index is 13.7. The number of quaternary nitrogens is 1. The number of nitrogens with one attached hydrogen (secondary N) is 1. The summed E-state index contributed by atoms with van der Waals surface area (Å²) in [5, 5.41) is 9.58. The first-order valence-electron chi connectivity index (χ1n) is 9.84. The molecule has 30 heavy (non-hydrogen) atoms. The van der Waals surface area contributed by atoms with Gasteiger partial charge in [-0.3, -0.25) is 0 Å². The lowest BCUT2D eigenvalue weighted by Crippen LogP contribution is -3.13. The fourth-order valence-corrected chi connectivity index (χ4v) is 4.80. The van der Waals surface area contributed by atoms with Gasteiger partial charge in [0.1, 0.15) is 11.1 Å². The molecule has 9 heteroatoms. The van der Waals surface area contributed by atoms with Crippen LogP contribution in [0, 0.1) is 11.3 Å². The van der Waals surface area contributed by atoms with E-state index in [-0.39, 0.29) is 17.5 Å². The fraction of sp³-hybridized carbons (Fsp3) is 0.429. The Morgan fingerprint density at radius 3 is 2.60 bits per heavy atom. The van der Waals surface area contributed by atoms with Gasteiger partial charge in [-0.1, -0.05) is 11.8 Å². The number of ether oxygens (including phenoxy) is 2. The Bertz CT molecular complexity index is 969. The lowest BCUT2D eigenvalue weighted by Gasteiger charge is -2.23. The molecule has 158 valence electrons. The molecule has 2 aliphatic rings. The number of benzene rings is 1. The third-order valence-corrected chi connectivity index (χ3v) is 6.30. The van der Waals surface area contributed by atoms with Gasteiger partial charge in [-0.05, 0) is 43.5 Å². The predicted octanol–water partition coefficient (Wildman–Crippen LogP) is 3.53. The highest BCUT2D eigenvalue weighted by Gasteiger charge is 2.36. The standard InChI is InChI=1S/C21H20F3N3O2S/c22-21(23,24)16-11-17(14-4-5-18-19(10-14)29-13-28-18)26-20(15(16)12-25)30-9-8-27-6-2-1-3-7-27/h4-5,10-11H,1-3,6-9,13H2/p+1. The zero-order chi connectivity index (χ0) is 21.1. The van der Waals surface area contributed by atoms with Crippen LogP contribution in [0.1, 0.15) is 30.4 Å². The van der Waals surface area contributed by atoms with Crippen molar-refractivity contribution in [3.63, 3.8) is 0 Å². The van der Waals surface area contributed by atoms with Crippen molar-refractivity contribution < 1.29 is 27.5 Å². The second kappa shape index (κ2) is 8.74. The first kappa shape index (κ1) is 20.8. The molecule has 1 fully saturated rings. The van der Waals surface area contributed by atoms with Crippen molar-refractivity contribution in [2.24, 2.45) is 0 Å². The van der Waals surface area contributed by atoms with Crippen molar-refractivity contribution in [1.82, 2.24) is 4.98 Å². The summed E-state index contributed by atoms with van der Waals surface area (Å²) in [6.07, 6.45) is -1.05. The van der Waals surface area contributed by atoms with Gasteiger partial charge in [0, 0.05) is 11.3 Å². The van der Waals surface area contributed by atoms with E-state index in [9.17, 15) is 18.4 Å². The zero-order valence-corrected chi connectivity index (χ0v) is 17.0. The Morgan fingerprint density at radius 1 is 1.10 bits per heavy atom. The monoisotopic (exact) mass is 436 g/mol. The van der Waals surface area contributed by atoms with Gasteiger partial charge in [0.25, 0.3) is 0 Å². The Labute approximate surface area is 176 Å². The van der Waals surface area contributed by atoms with Crippen LogP contribution >= 0.6 is 11.8 Å². The van der Waals surface area contributed by atoms with Gasteiger partial charge in [-0.15, -0.1) is 0 Å². The van der Waals surface area contributed by atoms with E-state index in [4.69, 9.17) is 9.47 Å². The number of rotatable bonds is 5. The normalized spacial score (nSPS) is 16.5. The molecule has 0 aliphatic carbocycles. The Kier molecular flexibility index (Phi) is 6.06. The quantitative estimate of drug-likeness (QED) is 0.727. The third kappa shape index (κ3) is 4.50. The molecule has 4 rings (SSSR count). The summed E-state index contributed by atoms with van der Waals surface area (Å²) >= 11 is 1.22. The largest absolute Gasteiger partial charge is 0.454 e. The van der Waals surface area contributed by atoms with Gasteiger partial charge < -0.3 is 14.4 Å². The predicted molar refractivity (Wildman–Crippen MR) is 106 cm³/mol. The topological polar surface area (TPSA) is 59.6 Å². The van der Waals surface area contributed by atoms with E-state index in [1.54, 1.807) is 24.3 Å². The van der Waals surface area contributed by atoms with Crippen molar-refractivity contribution >= 4 is 11.8 Å². The van der Waals surface area contributed by atoms with E-state index in [1.807, 2.05) is 0 Å². The van der Waals surface area contributed by atoms with Gasteiger partial charge in [-0.25, -0.2) is 4.98 Å². The molecule has 5 nitrogen and oxygen atoms in total. The summed E-state index contributed by atoms with van der Waals surface area (Å²) in [5.41, 5.74) is -0.726. The third-order valence-electron chi connectivity index (χ3n) is 5.33. The van der Waals surface area contributed by atoms with Crippen LogP contribution in [-0.2, 0) is 6.18 Å². The summed E-state index contributed by atoms with van der Waals surface area (Å²) in [5.74, 6) is 1.62. The van der Waals surface area contributed by atoms with E-state index in [0.29, 0.717) is 22.8 Å². The number of pyridine rings is 1. The first-order valence-corrected chi connectivity index (χ1v) is 10.8. The van der Waals surface area contributed by atoms with Crippen LogP contribution in [0.5, 0.6) is 11.5 Å². The highest BCUT2D eigenvalue weighted by Crippen LogP contribution is 2.40. The maximum Gasteiger partial charge on any atom is 0.417 e. The second-order valence-corrected chi connectivity index (χ2v) is 8.41. The van der Waals surface area contributed by atoms with E-state index >= 15 is 0 Å². The Balaban J connectivity index is 1.65. The number of piperidine rings is 1. The highest BCUT2D eigenvalue weighted by molar-refractivity contribution is 7.99. The van der Waals surface area contributed by atoms with Gasteiger partial charge >= 0.3 is 6.18 Å². The molecule has 2 aromatic rings. The zero-order valence-electron chi connectivity index (χ0n) is 16.2. The van der Waals surface area contributed by atoms with Gasteiger partial charge in [0.15, 0.2) is 11.5 Å². The summed E-state index contributed by atoms with van der Waals surface area (Å²) in [7, 11) is 0. The second-order valence-electron chi connectivity index (χ2n) is 7.32. The van der Waals surface area contributed by atoms with E-state index in [0.717, 1.165) is 25.7 Å². The fourth-order valence-electron chi connectivity index (χ4n) is 3.76. The Hall–Kier alpha value is -2.44. The minimum absolute atomic E-state index is 0.0767. The van der Waals surface area contributed by atoms with Gasteiger partial charge in [-0.2, -0.15) is 18.4 Å².